The second-order valence-electron chi connectivity index (χ2n) is 3.00. The van der Waals surface area contributed by atoms with Crippen molar-refractivity contribution in [3.05, 3.63) is 47.6 Å². The van der Waals surface area contributed by atoms with E-state index >= 15 is 0 Å². The summed E-state index contributed by atoms with van der Waals surface area (Å²) in [7, 11) is 0. The summed E-state index contributed by atoms with van der Waals surface area (Å²) >= 11 is 0. The zero-order chi connectivity index (χ0) is 8.81. The first-order chi connectivity index (χ1) is 5.79. The molecule has 0 aliphatic heterocycles. The van der Waals surface area contributed by atoms with Gasteiger partial charge in [0.2, 0.25) is 0 Å². The Morgan fingerprint density at radius 3 is 1.27 bits per heavy atom. The Morgan fingerprint density at radius 1 is 0.867 bits per heavy atom. The molecule has 0 spiro atoms. The Kier molecular flexibility index (Phi) is 17.3. The smallest absolute Gasteiger partial charge is 0.273 e. The van der Waals surface area contributed by atoms with E-state index in [9.17, 15) is 0 Å². The molecule has 2 rings (SSSR count). The molecular formula is C12H16Cl2Zr. The van der Waals surface area contributed by atoms with E-state index in [4.69, 9.17) is 0 Å². The maximum atomic E-state index is 3.05. The van der Waals surface area contributed by atoms with E-state index in [-0.39, 0.29) is 51.0 Å². The third-order valence-electron chi connectivity index (χ3n) is 1.74. The van der Waals surface area contributed by atoms with Crippen molar-refractivity contribution in [2.24, 2.45) is 0 Å². The van der Waals surface area contributed by atoms with Crippen molar-refractivity contribution < 1.29 is 26.2 Å². The molecule has 15 heavy (non-hydrogen) atoms. The van der Waals surface area contributed by atoms with Crippen LogP contribution in [0.25, 0.3) is 0 Å². The van der Waals surface area contributed by atoms with Crippen molar-refractivity contribution in [1.82, 2.24) is 0 Å². The first-order valence-electron chi connectivity index (χ1n) is 4.26. The van der Waals surface area contributed by atoms with E-state index in [1.807, 2.05) is 12.2 Å². The minimum atomic E-state index is 0. The minimum absolute atomic E-state index is 0. The molecule has 0 N–H and O–H groups in total. The fraction of sp³-hybridized carbons (Fsp3) is 0.333. The van der Waals surface area contributed by atoms with E-state index in [0.717, 1.165) is 12.8 Å². The first kappa shape index (κ1) is 20.8. The quantitative estimate of drug-likeness (QED) is 0.585. The minimum Gasteiger partial charge on any atom is -0.273 e. The van der Waals surface area contributed by atoms with Gasteiger partial charge in [0.15, 0.2) is 0 Å². The molecule has 0 heterocycles. The van der Waals surface area contributed by atoms with Gasteiger partial charge in [0.05, 0.1) is 0 Å². The predicted molar refractivity (Wildman–Crippen MR) is 66.9 cm³/mol. The molecule has 0 aromatic carbocycles. The number of allylic oxidation sites excluding steroid dienone is 8. The summed E-state index contributed by atoms with van der Waals surface area (Å²) < 4.78 is 0. The average molecular weight is 322 g/mol. The van der Waals surface area contributed by atoms with Crippen LogP contribution in [0.2, 0.25) is 0 Å². The van der Waals surface area contributed by atoms with Crippen molar-refractivity contribution in [3.8, 4) is 0 Å². The normalized spacial score (nSPS) is 14.8. The standard InChI is InChI=1S/2C6H7.2ClH.Zr/c2*1-6-4-2-3-5-6;;;/h2*4-5H,2H2,1H3;2*1H;/q2*-1;;;+2. The Morgan fingerprint density at radius 2 is 1.20 bits per heavy atom. The van der Waals surface area contributed by atoms with E-state index in [0.29, 0.717) is 0 Å². The van der Waals surface area contributed by atoms with Crippen molar-refractivity contribution in [3.63, 3.8) is 0 Å². The van der Waals surface area contributed by atoms with E-state index in [1.54, 1.807) is 0 Å². The van der Waals surface area contributed by atoms with Crippen LogP contribution < -0.4 is 0 Å². The zero-order valence-electron chi connectivity index (χ0n) is 9.04. The Balaban J connectivity index is -0.000000160. The Hall–Kier alpha value is 0.423. The van der Waals surface area contributed by atoms with Crippen LogP contribution in [-0.4, -0.2) is 0 Å². The topological polar surface area (TPSA) is 0 Å². The summed E-state index contributed by atoms with van der Waals surface area (Å²) in [6.07, 6.45) is 16.5. The van der Waals surface area contributed by atoms with E-state index in [1.165, 1.54) is 11.1 Å². The van der Waals surface area contributed by atoms with Crippen molar-refractivity contribution in [1.29, 1.82) is 0 Å². The summed E-state index contributed by atoms with van der Waals surface area (Å²) in [6, 6.07) is 0. The number of halogens is 2. The molecule has 0 radical (unpaired) electrons. The third-order valence-corrected chi connectivity index (χ3v) is 1.74. The van der Waals surface area contributed by atoms with Gasteiger partial charge in [-0.1, -0.05) is 0 Å². The summed E-state index contributed by atoms with van der Waals surface area (Å²) in [4.78, 5) is 0. The summed E-state index contributed by atoms with van der Waals surface area (Å²) in [5.41, 5.74) is 2.69. The largest absolute Gasteiger partial charge is 2.00 e. The van der Waals surface area contributed by atoms with Gasteiger partial charge in [0.25, 0.3) is 0 Å². The Labute approximate surface area is 125 Å². The van der Waals surface area contributed by atoms with Crippen LogP contribution in [0.1, 0.15) is 26.7 Å². The first-order valence-corrected chi connectivity index (χ1v) is 4.26. The average Bonchev–Trinajstić information content (AvgIpc) is 2.63. The van der Waals surface area contributed by atoms with Gasteiger partial charge in [-0.25, -0.2) is 23.3 Å². The van der Waals surface area contributed by atoms with Gasteiger partial charge < -0.3 is 0 Å². The van der Waals surface area contributed by atoms with E-state index < -0.39 is 0 Å². The maximum Gasteiger partial charge on any atom is 2.00 e. The molecule has 0 aromatic rings. The molecule has 0 unspecified atom stereocenters. The molecule has 2 aliphatic rings. The SMILES string of the molecule is CC1=CC[C-]=C1.CC1=CC[C-]=C1.Cl.Cl.[Zr+2]. The van der Waals surface area contributed by atoms with Crippen molar-refractivity contribution in [2.75, 3.05) is 0 Å². The molecule has 2 aliphatic carbocycles. The van der Waals surface area contributed by atoms with Gasteiger partial charge in [-0.15, -0.1) is 51.5 Å². The van der Waals surface area contributed by atoms with Crippen LogP contribution in [0.5, 0.6) is 0 Å². The van der Waals surface area contributed by atoms with Crippen LogP contribution in [0, 0.1) is 12.2 Å². The van der Waals surface area contributed by atoms with Crippen LogP contribution >= 0.6 is 24.8 Å². The van der Waals surface area contributed by atoms with Crippen LogP contribution in [0.4, 0.5) is 0 Å². The fourth-order valence-electron chi connectivity index (χ4n) is 0.998. The molecule has 0 amide bonds. The van der Waals surface area contributed by atoms with Gasteiger partial charge in [0.1, 0.15) is 0 Å². The number of hydrogen-bond acceptors (Lipinski definition) is 0. The monoisotopic (exact) mass is 320 g/mol. The summed E-state index contributed by atoms with van der Waals surface area (Å²) in [6.45, 7) is 4.17. The van der Waals surface area contributed by atoms with Gasteiger partial charge in [-0.3, -0.25) is 12.2 Å². The molecular weight excluding hydrogens is 306 g/mol. The maximum absolute atomic E-state index is 3.05. The van der Waals surface area contributed by atoms with Crippen LogP contribution in [0.3, 0.4) is 0 Å². The molecule has 0 saturated heterocycles. The second-order valence-corrected chi connectivity index (χ2v) is 3.00. The third kappa shape index (κ3) is 10.7. The second kappa shape index (κ2) is 12.5. The molecule has 0 saturated carbocycles. The molecule has 82 valence electrons. The van der Waals surface area contributed by atoms with Gasteiger partial charge in [0, 0.05) is 0 Å². The Bertz CT molecular complexity index is 229. The summed E-state index contributed by atoms with van der Waals surface area (Å²) in [5, 5.41) is 0. The molecule has 0 atom stereocenters. The van der Waals surface area contributed by atoms with Crippen LogP contribution in [-0.2, 0) is 26.2 Å². The number of rotatable bonds is 0. The molecule has 0 nitrogen and oxygen atoms in total. The molecule has 3 heteroatoms. The zero-order valence-corrected chi connectivity index (χ0v) is 13.1. The van der Waals surface area contributed by atoms with Crippen molar-refractivity contribution in [2.45, 2.75) is 26.7 Å². The fourth-order valence-corrected chi connectivity index (χ4v) is 0.998. The van der Waals surface area contributed by atoms with Gasteiger partial charge >= 0.3 is 26.2 Å². The van der Waals surface area contributed by atoms with E-state index in [2.05, 4.69) is 38.2 Å². The van der Waals surface area contributed by atoms with Crippen molar-refractivity contribution >= 4 is 24.8 Å². The molecule has 0 aromatic heterocycles. The predicted octanol–water partition coefficient (Wildman–Crippen LogP) is 4.23. The van der Waals surface area contributed by atoms with Gasteiger partial charge in [-0.05, 0) is 0 Å². The summed E-state index contributed by atoms with van der Waals surface area (Å²) in [5.74, 6) is 0. The molecule has 0 fully saturated rings. The van der Waals surface area contributed by atoms with Crippen LogP contribution in [0.15, 0.2) is 35.5 Å². The number of hydrogen-bond donors (Lipinski definition) is 0. The molecule has 0 bridgehead atoms. The van der Waals surface area contributed by atoms with Gasteiger partial charge in [-0.2, -0.15) is 12.2 Å².